The Hall–Kier alpha value is -0.220. The van der Waals surface area contributed by atoms with E-state index >= 15 is 0 Å². The van der Waals surface area contributed by atoms with Crippen molar-refractivity contribution in [3.63, 3.8) is 0 Å². The van der Waals surface area contributed by atoms with E-state index in [0.29, 0.717) is 5.25 Å². The second-order valence-corrected chi connectivity index (χ2v) is 3.86. The topological polar surface area (TPSA) is 49.3 Å². The molecule has 1 saturated carbocycles. The summed E-state index contributed by atoms with van der Waals surface area (Å²) in [7, 11) is 0. The molecule has 0 aromatic rings. The van der Waals surface area contributed by atoms with E-state index in [0.717, 1.165) is 19.3 Å². The second kappa shape index (κ2) is 3.97. The van der Waals surface area contributed by atoms with Gasteiger partial charge in [-0.05, 0) is 19.1 Å². The maximum absolute atomic E-state index is 11.0. The molecule has 1 aliphatic rings. The van der Waals surface area contributed by atoms with Crippen LogP contribution in [-0.4, -0.2) is 22.6 Å². The van der Waals surface area contributed by atoms with Gasteiger partial charge in [-0.1, -0.05) is 6.42 Å². The monoisotopic (exact) mass is 175 g/mol. The Balaban J connectivity index is 2.49. The van der Waals surface area contributed by atoms with Crippen molar-refractivity contribution < 1.29 is 10.0 Å². The second-order valence-electron chi connectivity index (χ2n) is 2.79. The Kier molecular flexibility index (Phi) is 3.20. The van der Waals surface area contributed by atoms with Gasteiger partial charge in [0.25, 0.3) is 0 Å². The van der Waals surface area contributed by atoms with Gasteiger partial charge < -0.3 is 0 Å². The smallest absolute Gasteiger partial charge is 0.247 e. The van der Waals surface area contributed by atoms with Gasteiger partial charge in [-0.3, -0.25) is 10.0 Å². The molecular formula is C7H13NO2S. The molecule has 3 nitrogen and oxygen atoms in total. The van der Waals surface area contributed by atoms with E-state index in [1.165, 1.54) is 0 Å². The normalized spacial score (nSPS) is 30.4. The van der Waals surface area contributed by atoms with Crippen LogP contribution in [0.1, 0.15) is 19.3 Å². The molecule has 0 bridgehead atoms. The predicted molar refractivity (Wildman–Crippen MR) is 44.6 cm³/mol. The highest BCUT2D eigenvalue weighted by molar-refractivity contribution is 7.99. The van der Waals surface area contributed by atoms with Crippen molar-refractivity contribution in [2.45, 2.75) is 24.5 Å². The maximum atomic E-state index is 11.0. The van der Waals surface area contributed by atoms with Crippen LogP contribution in [0.3, 0.4) is 0 Å². The molecule has 1 amide bonds. The van der Waals surface area contributed by atoms with E-state index in [9.17, 15) is 4.79 Å². The number of rotatable bonds is 2. The van der Waals surface area contributed by atoms with Crippen molar-refractivity contribution in [1.82, 2.24) is 5.48 Å². The minimum atomic E-state index is -0.221. The first-order valence-corrected chi connectivity index (χ1v) is 5.05. The summed E-state index contributed by atoms with van der Waals surface area (Å²) < 4.78 is 0. The Bertz CT molecular complexity index is 151. The molecule has 0 aromatic carbocycles. The Morgan fingerprint density at radius 2 is 2.36 bits per heavy atom. The number of carbonyl (C=O) groups is 1. The van der Waals surface area contributed by atoms with Crippen molar-refractivity contribution in [1.29, 1.82) is 0 Å². The van der Waals surface area contributed by atoms with Crippen LogP contribution in [0.25, 0.3) is 0 Å². The number of thioether (sulfide) groups is 1. The van der Waals surface area contributed by atoms with Crippen molar-refractivity contribution >= 4 is 17.7 Å². The number of hydroxylamine groups is 1. The summed E-state index contributed by atoms with van der Waals surface area (Å²) in [5.41, 5.74) is 1.72. The summed E-state index contributed by atoms with van der Waals surface area (Å²) in [6.07, 6.45) is 5.12. The largest absolute Gasteiger partial charge is 0.289 e. The van der Waals surface area contributed by atoms with Crippen LogP contribution in [0.5, 0.6) is 0 Å². The highest BCUT2D eigenvalue weighted by atomic mass is 32.2. The maximum Gasteiger partial charge on any atom is 0.247 e. The summed E-state index contributed by atoms with van der Waals surface area (Å²) in [6, 6.07) is 0. The van der Waals surface area contributed by atoms with Gasteiger partial charge in [-0.2, -0.15) is 11.8 Å². The average Bonchev–Trinajstić information content (AvgIpc) is 2.50. The minimum absolute atomic E-state index is 0.0231. The molecule has 0 aliphatic heterocycles. The van der Waals surface area contributed by atoms with E-state index < -0.39 is 0 Å². The van der Waals surface area contributed by atoms with Crippen LogP contribution >= 0.6 is 11.8 Å². The zero-order valence-corrected chi connectivity index (χ0v) is 7.36. The van der Waals surface area contributed by atoms with Crippen molar-refractivity contribution in [2.24, 2.45) is 5.92 Å². The fraction of sp³-hybridized carbons (Fsp3) is 0.857. The fourth-order valence-corrected chi connectivity index (χ4v) is 2.58. The van der Waals surface area contributed by atoms with Gasteiger partial charge in [0.1, 0.15) is 0 Å². The molecule has 1 rings (SSSR count). The Morgan fingerprint density at radius 1 is 1.64 bits per heavy atom. The van der Waals surface area contributed by atoms with Gasteiger partial charge in [0.15, 0.2) is 0 Å². The predicted octanol–water partition coefficient (Wildman–Crippen LogP) is 1.02. The molecule has 0 heterocycles. The Labute approximate surface area is 70.5 Å². The first-order valence-electron chi connectivity index (χ1n) is 3.76. The number of nitrogens with one attached hydrogen (secondary N) is 1. The van der Waals surface area contributed by atoms with Gasteiger partial charge >= 0.3 is 0 Å². The minimum Gasteiger partial charge on any atom is -0.289 e. The van der Waals surface area contributed by atoms with Gasteiger partial charge in [0.05, 0.1) is 5.92 Å². The highest BCUT2D eigenvalue weighted by Crippen LogP contribution is 2.33. The van der Waals surface area contributed by atoms with E-state index in [-0.39, 0.29) is 11.8 Å². The Morgan fingerprint density at radius 3 is 2.91 bits per heavy atom. The summed E-state index contributed by atoms with van der Waals surface area (Å²) in [6.45, 7) is 0. The van der Waals surface area contributed by atoms with Crippen LogP contribution in [0.2, 0.25) is 0 Å². The van der Waals surface area contributed by atoms with Gasteiger partial charge in [0, 0.05) is 5.25 Å². The standard InChI is InChI=1S/C7H13NO2S/c1-11-6-4-2-3-5(6)7(9)8-10/h5-6,10H,2-4H2,1H3,(H,8,9). The van der Waals surface area contributed by atoms with E-state index in [4.69, 9.17) is 5.21 Å². The molecule has 2 atom stereocenters. The van der Waals surface area contributed by atoms with Crippen LogP contribution in [0, 0.1) is 5.92 Å². The van der Waals surface area contributed by atoms with Crippen LogP contribution in [0.15, 0.2) is 0 Å². The number of hydrogen-bond acceptors (Lipinski definition) is 3. The van der Waals surface area contributed by atoms with Crippen LogP contribution < -0.4 is 5.48 Å². The molecular weight excluding hydrogens is 162 g/mol. The lowest BCUT2D eigenvalue weighted by atomic mass is 10.1. The molecule has 64 valence electrons. The molecule has 2 N–H and O–H groups in total. The average molecular weight is 175 g/mol. The third-order valence-corrected chi connectivity index (χ3v) is 3.37. The number of carbonyl (C=O) groups excluding carboxylic acids is 1. The van der Waals surface area contributed by atoms with Crippen LogP contribution in [-0.2, 0) is 4.79 Å². The van der Waals surface area contributed by atoms with E-state index in [1.54, 1.807) is 17.2 Å². The van der Waals surface area contributed by atoms with Gasteiger partial charge in [-0.15, -0.1) is 0 Å². The lowest BCUT2D eigenvalue weighted by Gasteiger charge is -2.14. The van der Waals surface area contributed by atoms with Gasteiger partial charge in [-0.25, -0.2) is 5.48 Å². The molecule has 4 heteroatoms. The number of amides is 1. The quantitative estimate of drug-likeness (QED) is 0.486. The lowest BCUT2D eigenvalue weighted by molar-refractivity contribution is -0.132. The molecule has 11 heavy (non-hydrogen) atoms. The molecule has 1 aliphatic carbocycles. The first-order chi connectivity index (χ1) is 5.29. The molecule has 0 aromatic heterocycles. The van der Waals surface area contributed by atoms with E-state index in [1.807, 2.05) is 6.26 Å². The molecule has 0 saturated heterocycles. The molecule has 0 spiro atoms. The lowest BCUT2D eigenvalue weighted by Crippen LogP contribution is -2.31. The summed E-state index contributed by atoms with van der Waals surface area (Å²) in [5.74, 6) is -0.197. The third-order valence-electron chi connectivity index (χ3n) is 2.20. The first kappa shape index (κ1) is 8.87. The number of hydrogen-bond donors (Lipinski definition) is 2. The van der Waals surface area contributed by atoms with Crippen molar-refractivity contribution in [3.05, 3.63) is 0 Å². The highest BCUT2D eigenvalue weighted by Gasteiger charge is 2.31. The van der Waals surface area contributed by atoms with E-state index in [2.05, 4.69) is 0 Å². The molecule has 0 radical (unpaired) electrons. The zero-order valence-electron chi connectivity index (χ0n) is 6.54. The zero-order chi connectivity index (χ0) is 8.27. The van der Waals surface area contributed by atoms with Crippen molar-refractivity contribution in [2.75, 3.05) is 6.26 Å². The third kappa shape index (κ3) is 1.87. The van der Waals surface area contributed by atoms with Gasteiger partial charge in [0.2, 0.25) is 5.91 Å². The summed E-state index contributed by atoms with van der Waals surface area (Å²) in [5, 5.41) is 8.80. The molecule has 2 unspecified atom stereocenters. The summed E-state index contributed by atoms with van der Waals surface area (Å²) in [4.78, 5) is 11.0. The van der Waals surface area contributed by atoms with Crippen molar-refractivity contribution in [3.8, 4) is 0 Å². The SMILES string of the molecule is CSC1CCCC1C(=O)NO. The fourth-order valence-electron chi connectivity index (χ4n) is 1.59. The summed E-state index contributed by atoms with van der Waals surface area (Å²) >= 11 is 1.71. The van der Waals surface area contributed by atoms with Crippen LogP contribution in [0.4, 0.5) is 0 Å². The molecule has 1 fully saturated rings.